The van der Waals surface area contributed by atoms with Gasteiger partial charge in [0.05, 0.1) is 13.1 Å². The van der Waals surface area contributed by atoms with Gasteiger partial charge in [-0.15, -0.1) is 0 Å². The van der Waals surface area contributed by atoms with Gasteiger partial charge in [0.2, 0.25) is 30.0 Å². The highest BCUT2D eigenvalue weighted by Crippen LogP contribution is 1.75. The molecular formula is C19H39N5O5. The van der Waals surface area contributed by atoms with Crippen molar-refractivity contribution >= 4 is 30.0 Å². The Balaban J connectivity index is -0.000000387. The maximum atomic E-state index is 10.9. The molecule has 5 amide bonds. The summed E-state index contributed by atoms with van der Waals surface area (Å²) >= 11 is 0. The van der Waals surface area contributed by atoms with Crippen LogP contribution in [0.3, 0.4) is 0 Å². The lowest BCUT2D eigenvalue weighted by atomic mass is 10.4. The quantitative estimate of drug-likeness (QED) is 0.294. The number of carbonyl (C=O) groups is 5. The van der Waals surface area contributed by atoms with Crippen molar-refractivity contribution in [1.29, 1.82) is 0 Å². The average molecular weight is 422 g/mol. The third-order valence-corrected chi connectivity index (χ3v) is 2.80. The number of hydrogen-bond acceptors (Lipinski definition) is 5. The van der Waals surface area contributed by atoms with Gasteiger partial charge in [-0.2, -0.15) is 0 Å². The van der Waals surface area contributed by atoms with Crippen LogP contribution in [0.25, 0.3) is 0 Å². The zero-order valence-corrected chi connectivity index (χ0v) is 18.1. The van der Waals surface area contributed by atoms with Gasteiger partial charge in [-0.25, -0.2) is 0 Å². The molecule has 0 fully saturated rings. The fourth-order valence-corrected chi connectivity index (χ4v) is 1.34. The van der Waals surface area contributed by atoms with Crippen LogP contribution in [0.15, 0.2) is 0 Å². The van der Waals surface area contributed by atoms with Gasteiger partial charge in [-0.05, 0) is 19.3 Å². The molecule has 5 N–H and O–H groups in total. The molecule has 0 spiro atoms. The Morgan fingerprint density at radius 3 is 1.66 bits per heavy atom. The molecule has 29 heavy (non-hydrogen) atoms. The number of carbonyl (C=O) groups excluding carboxylic acids is 5. The van der Waals surface area contributed by atoms with E-state index in [0.29, 0.717) is 26.1 Å². The molecule has 0 aromatic heterocycles. The maximum Gasteiger partial charge on any atom is 0.239 e. The van der Waals surface area contributed by atoms with E-state index in [1.54, 1.807) is 6.92 Å². The van der Waals surface area contributed by atoms with Crippen LogP contribution in [0, 0.1) is 0 Å². The molecule has 0 atom stereocenters. The SMILES string of the molecule is CCCNC(=O)CNC(=O)CC.[3H]C(=O)NCC(=O)NCCC.[3H]CC(=O)NCCC. The van der Waals surface area contributed by atoms with E-state index in [-0.39, 0.29) is 43.6 Å². The second-order valence-corrected chi connectivity index (χ2v) is 5.64. The van der Waals surface area contributed by atoms with Crippen LogP contribution in [-0.4, -0.2) is 62.7 Å². The Morgan fingerprint density at radius 1 is 0.759 bits per heavy atom. The summed E-state index contributed by atoms with van der Waals surface area (Å²) in [5.41, 5.74) is 0. The molecule has 0 rings (SSSR count). The van der Waals surface area contributed by atoms with Crippen molar-refractivity contribution in [2.45, 2.75) is 60.3 Å². The van der Waals surface area contributed by atoms with E-state index in [1.807, 2.05) is 20.8 Å². The lowest BCUT2D eigenvalue weighted by Gasteiger charge is -2.03. The molecule has 0 aromatic carbocycles. The van der Waals surface area contributed by atoms with Gasteiger partial charge in [-0.1, -0.05) is 27.7 Å². The number of hydrogen-bond donors (Lipinski definition) is 5. The van der Waals surface area contributed by atoms with Gasteiger partial charge >= 0.3 is 0 Å². The molecule has 0 aliphatic heterocycles. The van der Waals surface area contributed by atoms with Crippen LogP contribution in [0.4, 0.5) is 0 Å². The molecule has 0 bridgehead atoms. The molecule has 0 unspecified atom stereocenters. The van der Waals surface area contributed by atoms with Gasteiger partial charge in [0.15, 0.2) is 0 Å². The molecule has 10 heteroatoms. The molecule has 0 aliphatic carbocycles. The number of amides is 5. The first-order chi connectivity index (χ1) is 14.7. The molecule has 0 aliphatic rings. The summed E-state index contributed by atoms with van der Waals surface area (Å²) in [7, 11) is 0. The molecule has 0 aromatic rings. The van der Waals surface area contributed by atoms with Crippen molar-refractivity contribution in [2.24, 2.45) is 0 Å². The first-order valence-corrected chi connectivity index (χ1v) is 9.78. The first-order valence-electron chi connectivity index (χ1n) is 11.0. The standard InChI is InChI=1S/C8H16N2O2.C6H12N2O2.C5H11NO/c1-3-5-9-8(12)6-10-7(11)4-2;1-2-3-8-6(10)4-7-5-9;1-3-4-6-5(2)7/h3-6H2,1-2H3,(H,9,12)(H,10,11);5H,2-4H2,1H3,(H,7,9)(H,8,10);3-4H2,1-2H3,(H,6,7)/i;5T;2T. The van der Waals surface area contributed by atoms with E-state index in [9.17, 15) is 24.0 Å². The largest absolute Gasteiger partial charge is 0.356 e. The summed E-state index contributed by atoms with van der Waals surface area (Å²) < 4.78 is 13.0. The minimum absolute atomic E-state index is 0.0900. The highest BCUT2D eigenvalue weighted by atomic mass is 16.2. The van der Waals surface area contributed by atoms with E-state index in [4.69, 9.17) is 2.74 Å². The molecule has 0 heterocycles. The van der Waals surface area contributed by atoms with Crippen molar-refractivity contribution < 1.29 is 26.7 Å². The van der Waals surface area contributed by atoms with Crippen LogP contribution in [-0.2, 0) is 24.0 Å². The third-order valence-electron chi connectivity index (χ3n) is 2.80. The van der Waals surface area contributed by atoms with Crippen molar-refractivity contribution in [1.82, 2.24) is 26.6 Å². The first kappa shape index (κ1) is 26.4. The molecule has 10 nitrogen and oxygen atoms in total. The highest BCUT2D eigenvalue weighted by molar-refractivity contribution is 5.84. The average Bonchev–Trinajstić information content (AvgIpc) is 2.77. The maximum absolute atomic E-state index is 10.9. The van der Waals surface area contributed by atoms with E-state index in [2.05, 4.69) is 26.6 Å². The van der Waals surface area contributed by atoms with Crippen LogP contribution < -0.4 is 26.6 Å². The van der Waals surface area contributed by atoms with Gasteiger partial charge < -0.3 is 26.6 Å². The lowest BCUT2D eigenvalue weighted by Crippen LogP contribution is -2.36. The van der Waals surface area contributed by atoms with E-state index in [1.165, 1.54) is 0 Å². The smallest absolute Gasteiger partial charge is 0.239 e. The zero-order chi connectivity index (χ0) is 24.5. The second kappa shape index (κ2) is 25.4. The molecule has 0 saturated carbocycles. The van der Waals surface area contributed by atoms with E-state index in [0.717, 1.165) is 19.3 Å². The van der Waals surface area contributed by atoms with Crippen molar-refractivity contribution in [3.8, 4) is 0 Å². The fourth-order valence-electron chi connectivity index (χ4n) is 1.34. The third kappa shape index (κ3) is 33.4. The predicted molar refractivity (Wildman–Crippen MR) is 113 cm³/mol. The van der Waals surface area contributed by atoms with Gasteiger partial charge in [0, 0.05) is 34.3 Å². The topological polar surface area (TPSA) is 146 Å². The van der Waals surface area contributed by atoms with Crippen molar-refractivity contribution in [3.05, 3.63) is 0 Å². The van der Waals surface area contributed by atoms with Gasteiger partial charge in [0.25, 0.3) is 0 Å². The lowest BCUT2D eigenvalue weighted by molar-refractivity contribution is -0.125. The Bertz CT molecular complexity index is 522. The van der Waals surface area contributed by atoms with E-state index < -0.39 is 6.39 Å². The van der Waals surface area contributed by atoms with Crippen LogP contribution in [0.1, 0.15) is 63.0 Å². The van der Waals surface area contributed by atoms with Crippen LogP contribution in [0.5, 0.6) is 0 Å². The molecule has 0 saturated heterocycles. The monoisotopic (exact) mass is 421 g/mol. The Hall–Kier alpha value is -2.65. The Kier molecular flexibility index (Phi) is 23.0. The summed E-state index contributed by atoms with van der Waals surface area (Å²) in [5.74, 6) is -0.667. The molecule has 0 radical (unpaired) electrons. The van der Waals surface area contributed by atoms with Crippen molar-refractivity contribution in [3.63, 3.8) is 0 Å². The number of rotatable bonds is 11. The van der Waals surface area contributed by atoms with Gasteiger partial charge in [0.1, 0.15) is 1.37 Å². The Labute approximate surface area is 177 Å². The minimum atomic E-state index is -0.934. The van der Waals surface area contributed by atoms with Gasteiger partial charge in [-0.3, -0.25) is 24.0 Å². The second-order valence-electron chi connectivity index (χ2n) is 5.64. The summed E-state index contributed by atoms with van der Waals surface area (Å²) in [6.07, 6.45) is 2.19. The van der Waals surface area contributed by atoms with Crippen molar-refractivity contribution in [2.75, 3.05) is 32.7 Å². The molecular weight excluding hydrogens is 378 g/mol. The summed E-state index contributed by atoms with van der Waals surface area (Å²) in [5, 5.41) is 12.3. The van der Waals surface area contributed by atoms with Crippen LogP contribution in [0.2, 0.25) is 0 Å². The fraction of sp³-hybridized carbons (Fsp3) is 0.737. The summed E-state index contributed by atoms with van der Waals surface area (Å²) in [6.45, 7) is 9.43. The Morgan fingerprint density at radius 2 is 1.24 bits per heavy atom. The highest BCUT2D eigenvalue weighted by Gasteiger charge is 2.01. The zero-order valence-electron chi connectivity index (χ0n) is 20.1. The predicted octanol–water partition coefficient (Wildman–Crippen LogP) is -0.170. The number of nitrogens with one attached hydrogen (secondary N) is 5. The summed E-state index contributed by atoms with van der Waals surface area (Å²) in [4.78, 5) is 52.6. The minimum Gasteiger partial charge on any atom is -0.356 e. The van der Waals surface area contributed by atoms with E-state index >= 15 is 0 Å². The van der Waals surface area contributed by atoms with Crippen LogP contribution >= 0.6 is 0 Å². The summed E-state index contributed by atoms with van der Waals surface area (Å²) in [6, 6.07) is 0. The molecule has 170 valence electrons. The normalized spacial score (nSPS) is 9.66.